The van der Waals surface area contributed by atoms with Crippen LogP contribution in [0.1, 0.15) is 233 Å². The Labute approximate surface area is 317 Å². The lowest BCUT2D eigenvalue weighted by Gasteiger charge is -2.22. The van der Waals surface area contributed by atoms with Crippen molar-refractivity contribution in [2.75, 3.05) is 26.2 Å². The standard InChI is InChI=1S/C44H87NO4S/c1-5-9-13-15-23-32-41(31-21-11-7-3)49-43(47)35-25-17-19-27-37-45(39-29-30-40-46)38-28-20-18-26-36-44(48)50-42(33-22-12-8-4)34-24-16-14-10-6-2/h41-42,46H,5-40H2,1-4H3. The fourth-order valence-electron chi connectivity index (χ4n) is 6.91. The van der Waals surface area contributed by atoms with Gasteiger partial charge in [0.25, 0.3) is 0 Å². The smallest absolute Gasteiger partial charge is 0.306 e. The Kier molecular flexibility index (Phi) is 39.1. The predicted molar refractivity (Wildman–Crippen MR) is 220 cm³/mol. The van der Waals surface area contributed by atoms with E-state index in [1.54, 1.807) is 11.8 Å². The van der Waals surface area contributed by atoms with Crippen LogP contribution in [-0.4, -0.2) is 58.7 Å². The number of hydrogen-bond acceptors (Lipinski definition) is 6. The molecule has 0 amide bonds. The Balaban J connectivity index is 4.30. The monoisotopic (exact) mass is 726 g/mol. The van der Waals surface area contributed by atoms with Crippen molar-refractivity contribution >= 4 is 22.8 Å². The minimum absolute atomic E-state index is 0.00979. The number of carbonyl (C=O) groups excluding carboxylic acids is 2. The first-order valence-corrected chi connectivity index (χ1v) is 23.1. The molecular weight excluding hydrogens is 639 g/mol. The summed E-state index contributed by atoms with van der Waals surface area (Å²) in [5.74, 6) is 0.00979. The third-order valence-electron chi connectivity index (χ3n) is 10.2. The van der Waals surface area contributed by atoms with E-state index in [0.29, 0.717) is 16.8 Å². The summed E-state index contributed by atoms with van der Waals surface area (Å²) in [6, 6.07) is 0. The van der Waals surface area contributed by atoms with Gasteiger partial charge in [-0.05, 0) is 96.7 Å². The van der Waals surface area contributed by atoms with Gasteiger partial charge in [0.2, 0.25) is 0 Å². The summed E-state index contributed by atoms with van der Waals surface area (Å²) in [7, 11) is 0. The Morgan fingerprint density at radius 3 is 1.44 bits per heavy atom. The first-order chi connectivity index (χ1) is 24.5. The molecule has 0 spiro atoms. The number of aliphatic hydroxyl groups is 1. The van der Waals surface area contributed by atoms with Crippen LogP contribution >= 0.6 is 11.8 Å². The van der Waals surface area contributed by atoms with Gasteiger partial charge in [0.05, 0.1) is 0 Å². The predicted octanol–water partition coefficient (Wildman–Crippen LogP) is 13.4. The number of rotatable bonds is 40. The Morgan fingerprint density at radius 2 is 0.900 bits per heavy atom. The quantitative estimate of drug-likeness (QED) is 0.0501. The number of thioether (sulfide) groups is 1. The van der Waals surface area contributed by atoms with Crippen molar-refractivity contribution in [3.8, 4) is 0 Å². The molecule has 5 nitrogen and oxygen atoms in total. The van der Waals surface area contributed by atoms with Gasteiger partial charge >= 0.3 is 5.97 Å². The zero-order valence-corrected chi connectivity index (χ0v) is 35.0. The van der Waals surface area contributed by atoms with Crippen LogP contribution in [0.2, 0.25) is 0 Å². The van der Waals surface area contributed by atoms with Crippen LogP contribution in [0, 0.1) is 0 Å². The molecule has 0 rings (SSSR count). The molecule has 2 atom stereocenters. The number of hydrogen-bond donors (Lipinski definition) is 1. The second-order valence-electron chi connectivity index (χ2n) is 15.2. The molecular formula is C44H87NO4S. The summed E-state index contributed by atoms with van der Waals surface area (Å²) in [5.41, 5.74) is 0. The summed E-state index contributed by atoms with van der Waals surface area (Å²) in [6.07, 6.45) is 36.9. The van der Waals surface area contributed by atoms with Gasteiger partial charge in [0.1, 0.15) is 6.10 Å². The number of ether oxygens (including phenoxy) is 1. The maximum atomic E-state index is 12.8. The zero-order chi connectivity index (χ0) is 36.8. The highest BCUT2D eigenvalue weighted by Gasteiger charge is 2.16. The third kappa shape index (κ3) is 34.5. The number of carbonyl (C=O) groups is 2. The van der Waals surface area contributed by atoms with E-state index in [9.17, 15) is 14.7 Å². The molecule has 0 aromatic carbocycles. The molecule has 0 bridgehead atoms. The average molecular weight is 726 g/mol. The van der Waals surface area contributed by atoms with Gasteiger partial charge in [0, 0.05) is 24.7 Å². The number of nitrogens with zero attached hydrogens (tertiary/aromatic N) is 1. The van der Waals surface area contributed by atoms with Crippen molar-refractivity contribution in [2.24, 2.45) is 0 Å². The zero-order valence-electron chi connectivity index (χ0n) is 34.1. The SMILES string of the molecule is CCCCCCCC(CCCCC)OC(=O)CCCCCCN(CCCCO)CCCCCCC(=O)SC(CCCCC)CCCCCCC. The summed E-state index contributed by atoms with van der Waals surface area (Å²) >= 11 is 1.67. The van der Waals surface area contributed by atoms with Crippen molar-refractivity contribution in [2.45, 2.75) is 245 Å². The summed E-state index contributed by atoms with van der Waals surface area (Å²) in [4.78, 5) is 28.0. The number of esters is 1. The molecule has 0 aromatic heterocycles. The summed E-state index contributed by atoms with van der Waals surface area (Å²) < 4.78 is 5.96. The molecule has 0 aromatic rings. The van der Waals surface area contributed by atoms with Gasteiger partial charge < -0.3 is 14.7 Å². The Morgan fingerprint density at radius 1 is 0.500 bits per heavy atom. The topological polar surface area (TPSA) is 66.8 Å². The molecule has 0 aliphatic rings. The maximum absolute atomic E-state index is 12.8. The minimum atomic E-state index is 0.00979. The molecule has 298 valence electrons. The third-order valence-corrected chi connectivity index (χ3v) is 11.5. The average Bonchev–Trinajstić information content (AvgIpc) is 3.10. The lowest BCUT2D eigenvalue weighted by Crippen LogP contribution is -2.27. The molecule has 0 saturated heterocycles. The molecule has 0 aliphatic heterocycles. The van der Waals surface area contributed by atoms with Gasteiger partial charge in [-0.15, -0.1) is 0 Å². The van der Waals surface area contributed by atoms with Crippen LogP contribution in [0.25, 0.3) is 0 Å². The first kappa shape index (κ1) is 49.4. The van der Waals surface area contributed by atoms with E-state index in [0.717, 1.165) is 96.7 Å². The molecule has 2 unspecified atom stereocenters. The molecule has 0 aliphatic carbocycles. The van der Waals surface area contributed by atoms with Crippen LogP contribution in [-0.2, 0) is 14.3 Å². The van der Waals surface area contributed by atoms with Gasteiger partial charge in [-0.3, -0.25) is 9.59 Å². The normalized spacial score (nSPS) is 12.8. The highest BCUT2D eigenvalue weighted by Crippen LogP contribution is 2.26. The van der Waals surface area contributed by atoms with Gasteiger partial charge in [-0.25, -0.2) is 0 Å². The molecule has 1 N–H and O–H groups in total. The Bertz CT molecular complexity index is 666. The summed E-state index contributed by atoms with van der Waals surface area (Å²) in [5, 5.41) is 10.2. The van der Waals surface area contributed by atoms with Crippen molar-refractivity contribution in [3.05, 3.63) is 0 Å². The Hall–Kier alpha value is -0.590. The van der Waals surface area contributed by atoms with E-state index in [1.807, 2.05) is 0 Å². The van der Waals surface area contributed by atoms with Crippen LogP contribution in [0.4, 0.5) is 0 Å². The second-order valence-corrected chi connectivity index (χ2v) is 16.6. The van der Waals surface area contributed by atoms with Crippen LogP contribution in [0.3, 0.4) is 0 Å². The van der Waals surface area contributed by atoms with Crippen molar-refractivity contribution in [1.82, 2.24) is 4.90 Å². The second kappa shape index (κ2) is 39.6. The molecule has 50 heavy (non-hydrogen) atoms. The lowest BCUT2D eigenvalue weighted by atomic mass is 10.0. The molecule has 0 fully saturated rings. The maximum Gasteiger partial charge on any atom is 0.306 e. The summed E-state index contributed by atoms with van der Waals surface area (Å²) in [6.45, 7) is 12.5. The molecule has 0 radical (unpaired) electrons. The lowest BCUT2D eigenvalue weighted by molar-refractivity contribution is -0.150. The van der Waals surface area contributed by atoms with E-state index in [-0.39, 0.29) is 18.7 Å². The highest BCUT2D eigenvalue weighted by atomic mass is 32.2. The fraction of sp³-hybridized carbons (Fsp3) is 0.955. The van der Waals surface area contributed by atoms with Crippen molar-refractivity contribution < 1.29 is 19.4 Å². The van der Waals surface area contributed by atoms with Crippen molar-refractivity contribution in [1.29, 1.82) is 0 Å². The van der Waals surface area contributed by atoms with E-state index >= 15 is 0 Å². The van der Waals surface area contributed by atoms with Crippen LogP contribution in [0.15, 0.2) is 0 Å². The number of unbranched alkanes of at least 4 members (excludes halogenated alkanes) is 19. The van der Waals surface area contributed by atoms with Gasteiger partial charge in [-0.2, -0.15) is 0 Å². The van der Waals surface area contributed by atoms with E-state index in [2.05, 4.69) is 32.6 Å². The van der Waals surface area contributed by atoms with Crippen molar-refractivity contribution in [3.63, 3.8) is 0 Å². The first-order valence-electron chi connectivity index (χ1n) is 22.2. The van der Waals surface area contributed by atoms with E-state index < -0.39 is 0 Å². The van der Waals surface area contributed by atoms with Gasteiger partial charge in [0.15, 0.2) is 5.12 Å². The largest absolute Gasteiger partial charge is 0.462 e. The minimum Gasteiger partial charge on any atom is -0.462 e. The molecule has 0 heterocycles. The van der Waals surface area contributed by atoms with Crippen LogP contribution in [0.5, 0.6) is 0 Å². The number of aliphatic hydroxyl groups excluding tert-OH is 1. The van der Waals surface area contributed by atoms with E-state index in [4.69, 9.17) is 4.74 Å². The molecule has 6 heteroatoms. The molecule has 0 saturated carbocycles. The van der Waals surface area contributed by atoms with Gasteiger partial charge in [-0.1, -0.05) is 155 Å². The van der Waals surface area contributed by atoms with E-state index in [1.165, 1.54) is 122 Å². The highest BCUT2D eigenvalue weighted by molar-refractivity contribution is 8.14. The fourth-order valence-corrected chi connectivity index (χ4v) is 8.11. The van der Waals surface area contributed by atoms with Crippen LogP contribution < -0.4 is 0 Å².